The first kappa shape index (κ1) is 13.7. The number of methoxy groups -OCH3 is 1. The number of esters is 1. The van der Waals surface area contributed by atoms with E-state index in [-0.39, 0.29) is 11.9 Å². The first-order chi connectivity index (χ1) is 10.2. The molecule has 1 saturated heterocycles. The number of ether oxygens (including phenoxy) is 3. The number of rotatable bonds is 2. The van der Waals surface area contributed by atoms with Crippen molar-refractivity contribution in [2.45, 2.75) is 18.9 Å². The topological polar surface area (TPSA) is 65.1 Å². The highest BCUT2D eigenvalue weighted by Crippen LogP contribution is 2.32. The van der Waals surface area contributed by atoms with Crippen LogP contribution in [0, 0.1) is 0 Å². The van der Waals surface area contributed by atoms with E-state index in [2.05, 4.69) is 0 Å². The molecular weight excluding hydrogens is 274 g/mol. The van der Waals surface area contributed by atoms with Crippen molar-refractivity contribution in [3.8, 4) is 11.5 Å². The molecule has 1 aromatic carbocycles. The molecule has 21 heavy (non-hydrogen) atoms. The van der Waals surface area contributed by atoms with Crippen molar-refractivity contribution in [3.63, 3.8) is 0 Å². The molecule has 6 heteroatoms. The van der Waals surface area contributed by atoms with Gasteiger partial charge in [0.15, 0.2) is 11.5 Å². The van der Waals surface area contributed by atoms with Crippen molar-refractivity contribution in [2.24, 2.45) is 0 Å². The molecule has 0 radical (unpaired) electrons. The number of benzene rings is 1. The molecule has 2 aliphatic heterocycles. The van der Waals surface area contributed by atoms with Crippen LogP contribution in [0.1, 0.15) is 23.2 Å². The van der Waals surface area contributed by atoms with Crippen LogP contribution in [0.4, 0.5) is 0 Å². The van der Waals surface area contributed by atoms with Crippen molar-refractivity contribution >= 4 is 11.9 Å². The van der Waals surface area contributed by atoms with Gasteiger partial charge in [0, 0.05) is 12.1 Å². The Bertz CT molecular complexity index is 571. The van der Waals surface area contributed by atoms with Crippen LogP contribution in [0.15, 0.2) is 18.2 Å². The van der Waals surface area contributed by atoms with Crippen molar-refractivity contribution < 1.29 is 23.8 Å². The Morgan fingerprint density at radius 3 is 2.76 bits per heavy atom. The summed E-state index contributed by atoms with van der Waals surface area (Å²) >= 11 is 0. The van der Waals surface area contributed by atoms with E-state index in [4.69, 9.17) is 14.2 Å². The molecular formula is C15H17NO5. The van der Waals surface area contributed by atoms with Gasteiger partial charge in [0.1, 0.15) is 19.3 Å². The van der Waals surface area contributed by atoms with Crippen LogP contribution in [0.25, 0.3) is 0 Å². The summed E-state index contributed by atoms with van der Waals surface area (Å²) in [6.45, 7) is 1.54. The molecule has 0 aliphatic carbocycles. The third-order valence-corrected chi connectivity index (χ3v) is 3.78. The van der Waals surface area contributed by atoms with Crippen molar-refractivity contribution in [1.82, 2.24) is 4.90 Å². The molecule has 2 aliphatic rings. The van der Waals surface area contributed by atoms with Crippen molar-refractivity contribution in [2.75, 3.05) is 26.9 Å². The molecule has 1 unspecified atom stereocenters. The molecule has 0 saturated carbocycles. The average molecular weight is 291 g/mol. The molecule has 0 N–H and O–H groups in total. The fourth-order valence-electron chi connectivity index (χ4n) is 2.73. The number of nitrogens with zero attached hydrogens (tertiary/aromatic N) is 1. The second-order valence-corrected chi connectivity index (χ2v) is 5.04. The van der Waals surface area contributed by atoms with Gasteiger partial charge in [-0.3, -0.25) is 4.79 Å². The molecule has 0 aromatic heterocycles. The standard InChI is InChI=1S/C15H17NO5/c1-19-15(18)11-3-2-6-16(11)14(17)10-4-5-12-13(9-10)21-8-7-20-12/h4-5,9,11H,2-3,6-8H2,1H3. The Hall–Kier alpha value is -2.24. The van der Waals surface area contributed by atoms with Gasteiger partial charge in [-0.15, -0.1) is 0 Å². The number of hydrogen-bond acceptors (Lipinski definition) is 5. The summed E-state index contributed by atoms with van der Waals surface area (Å²) in [6, 6.07) is 4.60. The van der Waals surface area contributed by atoms with Gasteiger partial charge in [0.2, 0.25) is 0 Å². The summed E-state index contributed by atoms with van der Waals surface area (Å²) in [5.74, 6) is 0.669. The lowest BCUT2D eigenvalue weighted by Gasteiger charge is -2.24. The lowest BCUT2D eigenvalue weighted by molar-refractivity contribution is -0.145. The maximum absolute atomic E-state index is 12.6. The van der Waals surface area contributed by atoms with Gasteiger partial charge in [0.25, 0.3) is 5.91 Å². The zero-order valence-electron chi connectivity index (χ0n) is 11.8. The van der Waals surface area contributed by atoms with E-state index in [9.17, 15) is 9.59 Å². The van der Waals surface area contributed by atoms with Crippen LogP contribution in [0.2, 0.25) is 0 Å². The van der Waals surface area contributed by atoms with Crippen molar-refractivity contribution in [1.29, 1.82) is 0 Å². The fraction of sp³-hybridized carbons (Fsp3) is 0.467. The van der Waals surface area contributed by atoms with Crippen LogP contribution in [0.5, 0.6) is 11.5 Å². The smallest absolute Gasteiger partial charge is 0.328 e. The summed E-state index contributed by atoms with van der Waals surface area (Å²) in [7, 11) is 1.34. The Morgan fingerprint density at radius 2 is 2.00 bits per heavy atom. The van der Waals surface area contributed by atoms with Gasteiger partial charge in [0.05, 0.1) is 7.11 Å². The maximum Gasteiger partial charge on any atom is 0.328 e. The highest BCUT2D eigenvalue weighted by atomic mass is 16.6. The minimum absolute atomic E-state index is 0.181. The molecule has 3 rings (SSSR count). The lowest BCUT2D eigenvalue weighted by atomic mass is 10.1. The molecule has 0 spiro atoms. The Balaban J connectivity index is 1.83. The molecule has 2 heterocycles. The lowest BCUT2D eigenvalue weighted by Crippen LogP contribution is -2.41. The molecule has 1 fully saturated rings. The fourth-order valence-corrected chi connectivity index (χ4v) is 2.73. The van der Waals surface area contributed by atoms with E-state index >= 15 is 0 Å². The van der Waals surface area contributed by atoms with Gasteiger partial charge in [-0.25, -0.2) is 4.79 Å². The number of fused-ring (bicyclic) bond motifs is 1. The molecule has 112 valence electrons. The average Bonchev–Trinajstić information content (AvgIpc) is 3.02. The minimum Gasteiger partial charge on any atom is -0.486 e. The van der Waals surface area contributed by atoms with Crippen LogP contribution in [-0.4, -0.2) is 49.7 Å². The summed E-state index contributed by atoms with van der Waals surface area (Å²) in [4.78, 5) is 25.9. The number of amides is 1. The van der Waals surface area contributed by atoms with Gasteiger partial charge < -0.3 is 19.1 Å². The first-order valence-electron chi connectivity index (χ1n) is 6.99. The highest BCUT2D eigenvalue weighted by Gasteiger charge is 2.35. The van der Waals surface area contributed by atoms with Gasteiger partial charge in [-0.05, 0) is 31.0 Å². The predicted octanol–water partition coefficient (Wildman–Crippen LogP) is 1.24. The number of carbonyl (C=O) groups excluding carboxylic acids is 2. The summed E-state index contributed by atoms with van der Waals surface area (Å²) in [5.41, 5.74) is 0.495. The van der Waals surface area contributed by atoms with E-state index < -0.39 is 6.04 Å². The van der Waals surface area contributed by atoms with Crippen LogP contribution in [-0.2, 0) is 9.53 Å². The monoisotopic (exact) mass is 291 g/mol. The molecule has 1 atom stereocenters. The maximum atomic E-state index is 12.6. The Morgan fingerprint density at radius 1 is 1.24 bits per heavy atom. The number of likely N-dealkylation sites (tertiary alicyclic amines) is 1. The second-order valence-electron chi connectivity index (χ2n) is 5.04. The minimum atomic E-state index is -0.490. The molecule has 1 amide bonds. The predicted molar refractivity (Wildman–Crippen MR) is 73.5 cm³/mol. The normalized spacial score (nSPS) is 20.2. The number of carbonyl (C=O) groups is 2. The van der Waals surface area contributed by atoms with E-state index in [0.717, 1.165) is 6.42 Å². The van der Waals surface area contributed by atoms with Crippen LogP contribution < -0.4 is 9.47 Å². The molecule has 6 nitrogen and oxygen atoms in total. The summed E-state index contributed by atoms with van der Waals surface area (Å²) in [6.07, 6.45) is 1.44. The quantitative estimate of drug-likeness (QED) is 0.767. The SMILES string of the molecule is COC(=O)C1CCCN1C(=O)c1ccc2c(c1)OCCO2. The third-order valence-electron chi connectivity index (χ3n) is 3.78. The van der Waals surface area contributed by atoms with Gasteiger partial charge in [-0.2, -0.15) is 0 Å². The van der Waals surface area contributed by atoms with E-state index in [1.807, 2.05) is 0 Å². The van der Waals surface area contributed by atoms with E-state index in [1.165, 1.54) is 7.11 Å². The number of hydrogen-bond donors (Lipinski definition) is 0. The Kier molecular flexibility index (Phi) is 3.68. The summed E-state index contributed by atoms with van der Waals surface area (Å²) in [5, 5.41) is 0. The Labute approximate surface area is 122 Å². The second kappa shape index (κ2) is 5.63. The zero-order valence-corrected chi connectivity index (χ0v) is 11.8. The van der Waals surface area contributed by atoms with Crippen molar-refractivity contribution in [3.05, 3.63) is 23.8 Å². The molecule has 0 bridgehead atoms. The van der Waals surface area contributed by atoms with E-state index in [0.29, 0.717) is 43.2 Å². The zero-order chi connectivity index (χ0) is 14.8. The van der Waals surface area contributed by atoms with Crippen LogP contribution >= 0.6 is 0 Å². The summed E-state index contributed by atoms with van der Waals surface area (Å²) < 4.78 is 15.7. The van der Waals surface area contributed by atoms with E-state index in [1.54, 1.807) is 23.1 Å². The highest BCUT2D eigenvalue weighted by molar-refractivity contribution is 5.97. The largest absolute Gasteiger partial charge is 0.486 e. The molecule has 1 aromatic rings. The van der Waals surface area contributed by atoms with Gasteiger partial charge in [-0.1, -0.05) is 0 Å². The van der Waals surface area contributed by atoms with Crippen LogP contribution in [0.3, 0.4) is 0 Å². The first-order valence-corrected chi connectivity index (χ1v) is 6.99. The van der Waals surface area contributed by atoms with Gasteiger partial charge >= 0.3 is 5.97 Å². The third kappa shape index (κ3) is 2.53.